The Bertz CT molecular complexity index is 987. The number of hydrogen-bond acceptors (Lipinski definition) is 3. The van der Waals surface area contributed by atoms with E-state index in [1.54, 1.807) is 7.11 Å². The van der Waals surface area contributed by atoms with Crippen LogP contribution in [0.5, 0.6) is 5.75 Å². The molecule has 32 heavy (non-hydrogen) atoms. The molecule has 0 saturated carbocycles. The molecule has 2 atom stereocenters. The fourth-order valence-corrected chi connectivity index (χ4v) is 6.14. The van der Waals surface area contributed by atoms with Crippen molar-refractivity contribution >= 4 is 15.9 Å². The van der Waals surface area contributed by atoms with Gasteiger partial charge in [0.1, 0.15) is 5.75 Å². The van der Waals surface area contributed by atoms with Gasteiger partial charge in [0.2, 0.25) is 0 Å². The highest BCUT2D eigenvalue weighted by molar-refractivity contribution is 9.10. The topological polar surface area (TPSA) is 15.7 Å². The van der Waals surface area contributed by atoms with E-state index >= 15 is 0 Å². The van der Waals surface area contributed by atoms with Crippen molar-refractivity contribution < 1.29 is 4.74 Å². The van der Waals surface area contributed by atoms with Crippen molar-refractivity contribution in [3.8, 4) is 5.75 Å². The van der Waals surface area contributed by atoms with Gasteiger partial charge in [0.05, 0.1) is 7.11 Å². The number of fused-ring (bicyclic) bond motifs is 1. The lowest BCUT2D eigenvalue weighted by Gasteiger charge is -2.47. The Balaban J connectivity index is 1.49. The number of hydrogen-bond donors (Lipinski definition) is 0. The van der Waals surface area contributed by atoms with Crippen LogP contribution in [0, 0.1) is 0 Å². The minimum absolute atomic E-state index is 0.366. The van der Waals surface area contributed by atoms with Gasteiger partial charge in [-0.15, -0.1) is 0 Å². The first-order chi connectivity index (χ1) is 15.7. The summed E-state index contributed by atoms with van der Waals surface area (Å²) in [5.74, 6) is 1.34. The number of methoxy groups -OCH3 is 1. The predicted molar refractivity (Wildman–Crippen MR) is 134 cm³/mol. The average molecular weight is 491 g/mol. The second-order valence-corrected chi connectivity index (χ2v) is 9.97. The van der Waals surface area contributed by atoms with Crippen molar-refractivity contribution in [1.29, 1.82) is 0 Å². The fourth-order valence-electron chi connectivity index (χ4n) is 5.73. The average Bonchev–Trinajstić information content (AvgIpc) is 3.30. The molecule has 0 aromatic heterocycles. The molecule has 2 fully saturated rings. The first-order valence-corrected chi connectivity index (χ1v) is 12.4. The van der Waals surface area contributed by atoms with Crippen LogP contribution in [0.1, 0.15) is 35.4 Å². The zero-order chi connectivity index (χ0) is 21.9. The Kier molecular flexibility index (Phi) is 6.63. The summed E-state index contributed by atoms with van der Waals surface area (Å²) in [5.41, 5.74) is 4.08. The van der Waals surface area contributed by atoms with Crippen LogP contribution in [0.25, 0.3) is 0 Å². The maximum absolute atomic E-state index is 5.68. The summed E-state index contributed by atoms with van der Waals surface area (Å²) in [7, 11) is 1.77. The van der Waals surface area contributed by atoms with Crippen LogP contribution in [-0.2, 0) is 6.54 Å². The molecule has 0 radical (unpaired) electrons. The van der Waals surface area contributed by atoms with E-state index in [2.05, 4.69) is 105 Å². The minimum atomic E-state index is 0.366. The molecule has 2 saturated heterocycles. The molecule has 3 aromatic rings. The maximum atomic E-state index is 5.68. The first-order valence-electron chi connectivity index (χ1n) is 11.6. The van der Waals surface area contributed by atoms with Crippen molar-refractivity contribution in [3.05, 3.63) is 100 Å². The normalized spacial score (nSPS) is 21.6. The van der Waals surface area contributed by atoms with Gasteiger partial charge in [-0.1, -0.05) is 76.6 Å². The van der Waals surface area contributed by atoms with Gasteiger partial charge in [0, 0.05) is 47.7 Å². The molecule has 0 amide bonds. The van der Waals surface area contributed by atoms with Gasteiger partial charge >= 0.3 is 0 Å². The summed E-state index contributed by atoms with van der Waals surface area (Å²) in [4.78, 5) is 5.46. The molecule has 0 N–H and O–H groups in total. The predicted octanol–water partition coefficient (Wildman–Crippen LogP) is 5.94. The van der Waals surface area contributed by atoms with E-state index in [1.807, 2.05) is 0 Å². The highest BCUT2D eigenvalue weighted by Gasteiger charge is 2.41. The Hall–Kier alpha value is -2.14. The van der Waals surface area contributed by atoms with Gasteiger partial charge in [-0.05, 0) is 48.7 Å². The van der Waals surface area contributed by atoms with Crippen LogP contribution < -0.4 is 4.74 Å². The van der Waals surface area contributed by atoms with Crippen LogP contribution >= 0.6 is 15.9 Å². The monoisotopic (exact) mass is 490 g/mol. The lowest BCUT2D eigenvalue weighted by Crippen LogP contribution is -2.57. The molecular weight excluding hydrogens is 460 g/mol. The fraction of sp³-hybridized carbons (Fsp3) is 0.357. The third-order valence-electron chi connectivity index (χ3n) is 7.10. The first kappa shape index (κ1) is 21.7. The van der Waals surface area contributed by atoms with E-state index in [0.717, 1.165) is 29.9 Å². The molecule has 0 aliphatic carbocycles. The second-order valence-electron chi connectivity index (χ2n) is 9.05. The molecule has 5 rings (SSSR count). The second kappa shape index (κ2) is 9.78. The summed E-state index contributed by atoms with van der Waals surface area (Å²) >= 11 is 3.65. The molecule has 3 aromatic carbocycles. The Morgan fingerprint density at radius 2 is 1.62 bits per heavy atom. The Labute approximate surface area is 200 Å². The van der Waals surface area contributed by atoms with Crippen LogP contribution in [0.3, 0.4) is 0 Å². The number of rotatable bonds is 6. The van der Waals surface area contributed by atoms with E-state index in [4.69, 9.17) is 4.74 Å². The molecule has 2 heterocycles. The number of nitrogens with zero attached hydrogens (tertiary/aromatic N) is 2. The Morgan fingerprint density at radius 3 is 2.28 bits per heavy atom. The lowest BCUT2D eigenvalue weighted by atomic mass is 9.82. The number of ether oxygens (including phenoxy) is 1. The van der Waals surface area contributed by atoms with Crippen molar-refractivity contribution in [2.75, 3.05) is 26.7 Å². The highest BCUT2D eigenvalue weighted by Crippen LogP contribution is 2.38. The number of piperazine rings is 1. The van der Waals surface area contributed by atoms with E-state index in [0.29, 0.717) is 18.0 Å². The zero-order valence-corrected chi connectivity index (χ0v) is 20.2. The largest absolute Gasteiger partial charge is 0.496 e. The summed E-state index contributed by atoms with van der Waals surface area (Å²) < 4.78 is 6.79. The molecule has 2 aliphatic rings. The molecule has 0 spiro atoms. The number of benzene rings is 3. The third-order valence-corrected chi connectivity index (χ3v) is 7.59. The third kappa shape index (κ3) is 4.50. The van der Waals surface area contributed by atoms with Crippen LogP contribution in [0.15, 0.2) is 83.3 Å². The molecule has 0 bridgehead atoms. The van der Waals surface area contributed by atoms with Crippen molar-refractivity contribution in [2.24, 2.45) is 0 Å². The molecule has 2 aliphatic heterocycles. The Morgan fingerprint density at radius 1 is 0.938 bits per heavy atom. The van der Waals surface area contributed by atoms with E-state index < -0.39 is 0 Å². The smallest absolute Gasteiger partial charge is 0.123 e. The summed E-state index contributed by atoms with van der Waals surface area (Å²) in [6.07, 6.45) is 2.59. The standard InChI is InChI=1S/C28H31BrN2O/c1-32-27-15-14-24(29)17-23(27)18-30-19-25-13-8-16-31(25)26(20-30)28(21-9-4-2-5-10-21)22-11-6-3-7-12-22/h2-7,9-12,14-15,17,25-26,28H,8,13,16,18-20H2,1H3/t25-,26+/m1/s1. The quantitative estimate of drug-likeness (QED) is 0.425. The molecular formula is C28H31BrN2O. The van der Waals surface area contributed by atoms with Crippen LogP contribution in [0.4, 0.5) is 0 Å². The molecule has 0 unspecified atom stereocenters. The molecule has 3 nitrogen and oxygen atoms in total. The van der Waals surface area contributed by atoms with Gasteiger partial charge in [-0.3, -0.25) is 9.80 Å². The van der Waals surface area contributed by atoms with Gasteiger partial charge in [-0.2, -0.15) is 0 Å². The van der Waals surface area contributed by atoms with E-state index in [-0.39, 0.29) is 0 Å². The van der Waals surface area contributed by atoms with Gasteiger partial charge in [0.25, 0.3) is 0 Å². The molecule has 166 valence electrons. The lowest BCUT2D eigenvalue weighted by molar-refractivity contribution is 0.0380. The number of halogens is 1. The van der Waals surface area contributed by atoms with Gasteiger partial charge in [-0.25, -0.2) is 0 Å². The van der Waals surface area contributed by atoms with Gasteiger partial charge in [0.15, 0.2) is 0 Å². The summed E-state index contributed by atoms with van der Waals surface area (Å²) in [5, 5.41) is 0. The van der Waals surface area contributed by atoms with Crippen molar-refractivity contribution in [2.45, 2.75) is 37.4 Å². The SMILES string of the molecule is COc1ccc(Br)cc1CN1C[C@H]2CCCN2[C@H](C(c2ccccc2)c2ccccc2)C1. The highest BCUT2D eigenvalue weighted by atomic mass is 79.9. The van der Waals surface area contributed by atoms with Gasteiger partial charge < -0.3 is 4.74 Å². The van der Waals surface area contributed by atoms with Crippen molar-refractivity contribution in [1.82, 2.24) is 9.80 Å². The maximum Gasteiger partial charge on any atom is 0.123 e. The summed E-state index contributed by atoms with van der Waals surface area (Å²) in [6, 6.07) is 29.6. The van der Waals surface area contributed by atoms with Crippen LogP contribution in [0.2, 0.25) is 0 Å². The minimum Gasteiger partial charge on any atom is -0.496 e. The van der Waals surface area contributed by atoms with E-state index in [9.17, 15) is 0 Å². The van der Waals surface area contributed by atoms with Crippen LogP contribution in [-0.4, -0.2) is 48.6 Å². The van der Waals surface area contributed by atoms with E-state index in [1.165, 1.54) is 36.1 Å². The van der Waals surface area contributed by atoms with Crippen molar-refractivity contribution in [3.63, 3.8) is 0 Å². The zero-order valence-electron chi connectivity index (χ0n) is 18.7. The molecule has 4 heteroatoms. The summed E-state index contributed by atoms with van der Waals surface area (Å²) in [6.45, 7) is 4.31.